The summed E-state index contributed by atoms with van der Waals surface area (Å²) in [6.07, 6.45) is 1.68. The van der Waals surface area contributed by atoms with Crippen LogP contribution >= 0.6 is 11.6 Å². The van der Waals surface area contributed by atoms with E-state index in [0.29, 0.717) is 17.0 Å². The second-order valence-corrected chi connectivity index (χ2v) is 10.6. The summed E-state index contributed by atoms with van der Waals surface area (Å²) in [4.78, 5) is 27.5. The molecule has 2 unspecified atom stereocenters. The van der Waals surface area contributed by atoms with Crippen LogP contribution in [0.4, 0.5) is 10.1 Å². The Bertz CT molecular complexity index is 1140. The molecule has 0 spiro atoms. The number of hydrogen-bond acceptors (Lipinski definition) is 4. The molecule has 2 aromatic carbocycles. The minimum absolute atomic E-state index is 0.123. The van der Waals surface area contributed by atoms with Gasteiger partial charge < -0.3 is 10.2 Å². The van der Waals surface area contributed by atoms with Gasteiger partial charge in [0.2, 0.25) is 21.8 Å². The summed E-state index contributed by atoms with van der Waals surface area (Å²) in [6.45, 7) is 6.16. The van der Waals surface area contributed by atoms with Crippen molar-refractivity contribution in [2.45, 2.75) is 52.7 Å². The second kappa shape index (κ2) is 11.7. The lowest BCUT2D eigenvalue weighted by molar-refractivity contribution is -0.139. The Kier molecular flexibility index (Phi) is 9.46. The first-order valence-corrected chi connectivity index (χ1v) is 13.2. The van der Waals surface area contributed by atoms with Gasteiger partial charge in [-0.25, -0.2) is 12.8 Å². The number of anilines is 1. The first-order chi connectivity index (χ1) is 15.9. The highest BCUT2D eigenvalue weighted by Crippen LogP contribution is 2.28. The van der Waals surface area contributed by atoms with Crippen LogP contribution < -0.4 is 9.62 Å². The minimum Gasteiger partial charge on any atom is -0.352 e. The lowest BCUT2D eigenvalue weighted by atomic mass is 10.1. The highest BCUT2D eigenvalue weighted by atomic mass is 35.5. The smallest absolute Gasteiger partial charge is 0.244 e. The molecule has 2 amide bonds. The fourth-order valence-electron chi connectivity index (χ4n) is 3.32. The molecule has 0 radical (unpaired) electrons. The van der Waals surface area contributed by atoms with Gasteiger partial charge in [-0.15, -0.1) is 0 Å². The molecule has 2 atom stereocenters. The Labute approximate surface area is 205 Å². The zero-order chi connectivity index (χ0) is 25.6. The van der Waals surface area contributed by atoms with Crippen molar-refractivity contribution in [1.82, 2.24) is 10.2 Å². The van der Waals surface area contributed by atoms with Gasteiger partial charge in [-0.1, -0.05) is 42.8 Å². The summed E-state index contributed by atoms with van der Waals surface area (Å²) in [5.41, 5.74) is 0.959. The van der Waals surface area contributed by atoms with E-state index >= 15 is 0 Å². The van der Waals surface area contributed by atoms with Gasteiger partial charge in [0, 0.05) is 23.2 Å². The summed E-state index contributed by atoms with van der Waals surface area (Å²) < 4.78 is 40.6. The molecule has 0 bridgehead atoms. The van der Waals surface area contributed by atoms with Gasteiger partial charge >= 0.3 is 0 Å². The van der Waals surface area contributed by atoms with Gasteiger partial charge in [0.15, 0.2) is 0 Å². The molecule has 0 aromatic heterocycles. The third kappa shape index (κ3) is 6.93. The van der Waals surface area contributed by atoms with Gasteiger partial charge in [-0.05, 0) is 51.0 Å². The lowest BCUT2D eigenvalue weighted by Crippen LogP contribution is -2.52. The SMILES string of the molecule is CCC(C)NC(=O)C(C)N(Cc1ccccc1F)C(=O)CN(c1cccc(Cl)c1C)S(C)(=O)=O. The van der Waals surface area contributed by atoms with Crippen LogP contribution in [0.25, 0.3) is 0 Å². The standard InChI is InChI=1S/C24H31ClFN3O4S/c1-6-16(2)27-24(31)18(4)28(14-19-10-7-8-12-21(19)26)23(30)15-29(34(5,32)33)22-13-9-11-20(25)17(22)3/h7-13,16,18H,6,14-15H2,1-5H3,(H,27,31). The molecule has 0 heterocycles. The monoisotopic (exact) mass is 511 g/mol. The van der Waals surface area contributed by atoms with Gasteiger partial charge in [-0.2, -0.15) is 0 Å². The number of nitrogens with zero attached hydrogens (tertiary/aromatic N) is 2. The van der Waals surface area contributed by atoms with E-state index in [4.69, 9.17) is 11.6 Å². The Morgan fingerprint density at radius 3 is 2.35 bits per heavy atom. The number of carbonyl (C=O) groups is 2. The fourth-order valence-corrected chi connectivity index (χ4v) is 4.39. The van der Waals surface area contributed by atoms with Crippen LogP contribution in [0.2, 0.25) is 5.02 Å². The molecule has 34 heavy (non-hydrogen) atoms. The van der Waals surface area contributed by atoms with Crippen molar-refractivity contribution in [2.75, 3.05) is 17.1 Å². The topological polar surface area (TPSA) is 86.8 Å². The van der Waals surface area contributed by atoms with E-state index in [1.165, 1.54) is 30.0 Å². The number of sulfonamides is 1. The predicted octanol–water partition coefficient (Wildman–Crippen LogP) is 3.89. The van der Waals surface area contributed by atoms with Crippen molar-refractivity contribution in [3.63, 3.8) is 0 Å². The number of halogens is 2. The Morgan fingerprint density at radius 2 is 1.76 bits per heavy atom. The molecule has 186 valence electrons. The average molecular weight is 512 g/mol. The number of benzene rings is 2. The molecule has 0 saturated heterocycles. The van der Waals surface area contributed by atoms with Crippen LogP contribution in [0.5, 0.6) is 0 Å². The fraction of sp³-hybridized carbons (Fsp3) is 0.417. The third-order valence-electron chi connectivity index (χ3n) is 5.65. The average Bonchev–Trinajstić information content (AvgIpc) is 2.77. The molecule has 1 N–H and O–H groups in total. The molecule has 0 saturated carbocycles. The summed E-state index contributed by atoms with van der Waals surface area (Å²) in [6, 6.07) is 9.60. The number of hydrogen-bond donors (Lipinski definition) is 1. The van der Waals surface area contributed by atoms with Gasteiger partial charge in [0.1, 0.15) is 18.4 Å². The zero-order valence-electron chi connectivity index (χ0n) is 20.0. The summed E-state index contributed by atoms with van der Waals surface area (Å²) in [5, 5.41) is 3.17. The Balaban J connectivity index is 2.45. The lowest BCUT2D eigenvalue weighted by Gasteiger charge is -2.32. The molecular weight excluding hydrogens is 481 g/mol. The number of rotatable bonds is 10. The predicted molar refractivity (Wildman–Crippen MR) is 133 cm³/mol. The van der Waals surface area contributed by atoms with Gasteiger partial charge in [0.25, 0.3) is 0 Å². The quantitative estimate of drug-likeness (QED) is 0.524. The van der Waals surface area contributed by atoms with E-state index in [-0.39, 0.29) is 23.8 Å². The Morgan fingerprint density at radius 1 is 1.12 bits per heavy atom. The number of nitrogens with one attached hydrogen (secondary N) is 1. The molecule has 7 nitrogen and oxygen atoms in total. The van der Waals surface area contributed by atoms with Gasteiger partial charge in [0.05, 0.1) is 11.9 Å². The van der Waals surface area contributed by atoms with Crippen molar-refractivity contribution in [3.8, 4) is 0 Å². The first kappa shape index (κ1) is 27.6. The maximum Gasteiger partial charge on any atom is 0.244 e. The van der Waals surface area contributed by atoms with Crippen molar-refractivity contribution in [2.24, 2.45) is 0 Å². The van der Waals surface area contributed by atoms with E-state index in [2.05, 4.69) is 5.32 Å². The van der Waals surface area contributed by atoms with Crippen molar-refractivity contribution in [3.05, 3.63) is 64.4 Å². The minimum atomic E-state index is -3.88. The molecule has 10 heteroatoms. The van der Waals surface area contributed by atoms with E-state index < -0.39 is 40.2 Å². The maximum atomic E-state index is 14.4. The molecule has 0 fully saturated rings. The largest absolute Gasteiger partial charge is 0.352 e. The van der Waals surface area contributed by atoms with E-state index in [1.807, 2.05) is 13.8 Å². The number of carbonyl (C=O) groups excluding carboxylic acids is 2. The van der Waals surface area contributed by atoms with Crippen LogP contribution in [0.1, 0.15) is 38.3 Å². The van der Waals surface area contributed by atoms with Crippen LogP contribution in [0.15, 0.2) is 42.5 Å². The zero-order valence-corrected chi connectivity index (χ0v) is 21.6. The van der Waals surface area contributed by atoms with E-state index in [0.717, 1.165) is 10.6 Å². The third-order valence-corrected chi connectivity index (χ3v) is 7.19. The molecule has 0 aliphatic heterocycles. The molecule has 2 aromatic rings. The van der Waals surface area contributed by atoms with Crippen molar-refractivity contribution < 1.29 is 22.4 Å². The van der Waals surface area contributed by atoms with Crippen LogP contribution in [0.3, 0.4) is 0 Å². The van der Waals surface area contributed by atoms with Crippen molar-refractivity contribution in [1.29, 1.82) is 0 Å². The number of amides is 2. The molecular formula is C24H31ClFN3O4S. The maximum absolute atomic E-state index is 14.4. The van der Waals surface area contributed by atoms with Gasteiger partial charge in [-0.3, -0.25) is 13.9 Å². The van der Waals surface area contributed by atoms with Crippen molar-refractivity contribution >= 4 is 39.1 Å². The molecule has 0 aliphatic rings. The van der Waals surface area contributed by atoms with Crippen LogP contribution in [0, 0.1) is 12.7 Å². The normalized spacial score (nSPS) is 13.1. The van der Waals surface area contributed by atoms with E-state index in [9.17, 15) is 22.4 Å². The molecule has 2 rings (SSSR count). The Hall–Kier alpha value is -2.65. The van der Waals surface area contributed by atoms with E-state index in [1.54, 1.807) is 31.2 Å². The highest BCUT2D eigenvalue weighted by molar-refractivity contribution is 7.92. The summed E-state index contributed by atoms with van der Waals surface area (Å²) in [5.74, 6) is -1.59. The summed E-state index contributed by atoms with van der Waals surface area (Å²) >= 11 is 6.17. The summed E-state index contributed by atoms with van der Waals surface area (Å²) in [7, 11) is -3.88. The highest BCUT2D eigenvalue weighted by Gasteiger charge is 2.31. The first-order valence-electron chi connectivity index (χ1n) is 10.9. The molecule has 0 aliphatic carbocycles. The second-order valence-electron chi connectivity index (χ2n) is 8.26. The van der Waals surface area contributed by atoms with Crippen LogP contribution in [-0.2, 0) is 26.2 Å². The van der Waals surface area contributed by atoms with Crippen LogP contribution in [-0.4, -0.2) is 50.0 Å².